The quantitative estimate of drug-likeness (QED) is 0.814. The molecule has 1 N–H and O–H groups in total. The maximum absolute atomic E-state index is 14.1. The molecule has 132 valence electrons. The van der Waals surface area contributed by atoms with E-state index >= 15 is 0 Å². The third-order valence-corrected chi connectivity index (χ3v) is 5.06. The molecule has 0 spiro atoms. The van der Waals surface area contributed by atoms with Crippen molar-refractivity contribution in [1.82, 2.24) is 5.32 Å². The number of halogens is 3. The van der Waals surface area contributed by atoms with Crippen LogP contribution in [0.4, 0.5) is 14.5 Å². The number of hydrogen-bond donors (Lipinski definition) is 1. The summed E-state index contributed by atoms with van der Waals surface area (Å²) in [5.74, 6) is -1.05. The van der Waals surface area contributed by atoms with E-state index in [9.17, 15) is 13.6 Å². The number of nitrogens with zero attached hydrogens (tertiary/aromatic N) is 1. The Bertz CT molecular complexity index is 797. The Balaban J connectivity index is 1.72. The van der Waals surface area contributed by atoms with Crippen LogP contribution in [0.15, 0.2) is 40.9 Å². The molecule has 1 atom stereocenters. The summed E-state index contributed by atoms with van der Waals surface area (Å²) < 4.78 is 28.1. The lowest BCUT2D eigenvalue weighted by Crippen LogP contribution is -2.48. The van der Waals surface area contributed by atoms with Crippen LogP contribution in [0, 0.1) is 18.6 Å². The van der Waals surface area contributed by atoms with Gasteiger partial charge in [0.1, 0.15) is 11.6 Å². The van der Waals surface area contributed by atoms with Gasteiger partial charge in [0.05, 0.1) is 11.3 Å². The Morgan fingerprint density at radius 2 is 2.04 bits per heavy atom. The Morgan fingerprint density at radius 3 is 2.84 bits per heavy atom. The molecule has 3 rings (SSSR count). The van der Waals surface area contributed by atoms with Crippen molar-refractivity contribution in [3.05, 3.63) is 63.6 Å². The molecule has 25 heavy (non-hydrogen) atoms. The minimum atomic E-state index is -0.458. The summed E-state index contributed by atoms with van der Waals surface area (Å²) in [5, 5.41) is 2.94. The average Bonchev–Trinajstić information content (AvgIpc) is 2.59. The molecule has 0 aromatic heterocycles. The van der Waals surface area contributed by atoms with Gasteiger partial charge in [0.15, 0.2) is 0 Å². The van der Waals surface area contributed by atoms with Crippen LogP contribution in [0.1, 0.15) is 28.8 Å². The van der Waals surface area contributed by atoms with Crippen LogP contribution in [-0.4, -0.2) is 25.0 Å². The zero-order valence-electron chi connectivity index (χ0n) is 13.9. The topological polar surface area (TPSA) is 32.3 Å². The first-order chi connectivity index (χ1) is 11.9. The maximum atomic E-state index is 14.1. The van der Waals surface area contributed by atoms with E-state index in [1.807, 2.05) is 17.9 Å². The molecular formula is C19H19BrF2N2O. The van der Waals surface area contributed by atoms with Crippen LogP contribution in [0.5, 0.6) is 0 Å². The van der Waals surface area contributed by atoms with Crippen LogP contribution in [0.25, 0.3) is 0 Å². The van der Waals surface area contributed by atoms with Gasteiger partial charge in [0.2, 0.25) is 0 Å². The molecule has 1 aliphatic rings. The molecule has 1 fully saturated rings. The number of amides is 1. The van der Waals surface area contributed by atoms with Crippen molar-refractivity contribution in [3.8, 4) is 0 Å². The number of anilines is 1. The van der Waals surface area contributed by atoms with Gasteiger partial charge in [-0.1, -0.05) is 6.07 Å². The average molecular weight is 409 g/mol. The summed E-state index contributed by atoms with van der Waals surface area (Å²) in [4.78, 5) is 14.4. The normalized spacial score (nSPS) is 17.4. The minimum Gasteiger partial charge on any atom is -0.367 e. The highest BCUT2D eigenvalue weighted by Crippen LogP contribution is 2.25. The van der Waals surface area contributed by atoms with E-state index in [2.05, 4.69) is 21.2 Å². The molecule has 2 aromatic rings. The van der Waals surface area contributed by atoms with Crippen LogP contribution >= 0.6 is 15.9 Å². The molecule has 6 heteroatoms. The van der Waals surface area contributed by atoms with Gasteiger partial charge in [-0.25, -0.2) is 8.78 Å². The first-order valence-corrected chi connectivity index (χ1v) is 9.00. The summed E-state index contributed by atoms with van der Waals surface area (Å²) in [7, 11) is 0. The number of carbonyl (C=O) groups excluding carboxylic acids is 1. The van der Waals surface area contributed by atoms with Crippen molar-refractivity contribution in [2.45, 2.75) is 25.8 Å². The first-order valence-electron chi connectivity index (χ1n) is 8.21. The van der Waals surface area contributed by atoms with E-state index in [0.717, 1.165) is 24.9 Å². The van der Waals surface area contributed by atoms with E-state index in [-0.39, 0.29) is 23.3 Å². The van der Waals surface area contributed by atoms with Gasteiger partial charge in [0, 0.05) is 23.6 Å². The van der Waals surface area contributed by atoms with Crippen LogP contribution in [0.3, 0.4) is 0 Å². The molecule has 0 saturated carbocycles. The summed E-state index contributed by atoms with van der Waals surface area (Å²) in [6.45, 7) is 3.20. The second-order valence-corrected chi connectivity index (χ2v) is 7.19. The largest absolute Gasteiger partial charge is 0.367 e. The molecule has 3 nitrogen and oxygen atoms in total. The predicted octanol–water partition coefficient (Wildman–Crippen LogP) is 4.43. The van der Waals surface area contributed by atoms with Crippen molar-refractivity contribution in [1.29, 1.82) is 0 Å². The number of piperidine rings is 1. The molecule has 2 aromatic carbocycles. The third-order valence-electron chi connectivity index (χ3n) is 4.37. The monoisotopic (exact) mass is 408 g/mol. The molecule has 0 aliphatic carbocycles. The van der Waals surface area contributed by atoms with Crippen molar-refractivity contribution in [3.63, 3.8) is 0 Å². The first kappa shape index (κ1) is 17.9. The van der Waals surface area contributed by atoms with Gasteiger partial charge < -0.3 is 10.2 Å². The molecule has 1 heterocycles. The van der Waals surface area contributed by atoms with Gasteiger partial charge in [-0.05, 0) is 71.6 Å². The highest BCUT2D eigenvalue weighted by atomic mass is 79.9. The standard InChI is InChI=1S/C19H19BrF2N2O/c1-12-4-7-17(22)18(9-12)24-8-2-3-14(11-24)23-19(25)15-10-13(21)5-6-16(15)20/h4-7,9-10,14H,2-3,8,11H2,1H3,(H,23,25). The highest BCUT2D eigenvalue weighted by Gasteiger charge is 2.24. The van der Waals surface area contributed by atoms with E-state index in [1.54, 1.807) is 6.07 Å². The third kappa shape index (κ3) is 4.18. The number of rotatable bonds is 3. The minimum absolute atomic E-state index is 0.115. The van der Waals surface area contributed by atoms with Gasteiger partial charge in [-0.3, -0.25) is 4.79 Å². The van der Waals surface area contributed by atoms with Crippen LogP contribution < -0.4 is 10.2 Å². The second-order valence-electron chi connectivity index (χ2n) is 6.34. The lowest BCUT2D eigenvalue weighted by Gasteiger charge is -2.35. The second kappa shape index (κ2) is 7.52. The molecular weight excluding hydrogens is 390 g/mol. The number of nitrogens with one attached hydrogen (secondary N) is 1. The summed E-state index contributed by atoms with van der Waals surface area (Å²) in [6, 6.07) is 8.93. The fourth-order valence-corrected chi connectivity index (χ4v) is 3.54. The molecule has 1 saturated heterocycles. The SMILES string of the molecule is Cc1ccc(F)c(N2CCCC(NC(=O)c3cc(F)ccc3Br)C2)c1. The van der Waals surface area contributed by atoms with Crippen molar-refractivity contribution in [2.24, 2.45) is 0 Å². The van der Waals surface area contributed by atoms with E-state index in [0.29, 0.717) is 16.7 Å². The zero-order valence-corrected chi connectivity index (χ0v) is 15.4. The molecule has 0 bridgehead atoms. The van der Waals surface area contributed by atoms with Gasteiger partial charge >= 0.3 is 0 Å². The van der Waals surface area contributed by atoms with E-state index in [4.69, 9.17) is 0 Å². The predicted molar refractivity (Wildman–Crippen MR) is 97.9 cm³/mol. The maximum Gasteiger partial charge on any atom is 0.252 e. The van der Waals surface area contributed by atoms with Gasteiger partial charge in [0.25, 0.3) is 5.91 Å². The fraction of sp³-hybridized carbons (Fsp3) is 0.316. The Morgan fingerprint density at radius 1 is 1.24 bits per heavy atom. The van der Waals surface area contributed by atoms with Crippen molar-refractivity contribution >= 4 is 27.5 Å². The van der Waals surface area contributed by atoms with Crippen LogP contribution in [-0.2, 0) is 0 Å². The molecule has 1 amide bonds. The smallest absolute Gasteiger partial charge is 0.252 e. The summed E-state index contributed by atoms with van der Waals surface area (Å²) in [5.41, 5.74) is 1.82. The lowest BCUT2D eigenvalue weighted by molar-refractivity contribution is 0.0932. The Hall–Kier alpha value is -1.95. The number of hydrogen-bond acceptors (Lipinski definition) is 2. The van der Waals surface area contributed by atoms with Crippen molar-refractivity contribution < 1.29 is 13.6 Å². The fourth-order valence-electron chi connectivity index (χ4n) is 3.11. The summed E-state index contributed by atoms with van der Waals surface area (Å²) in [6.07, 6.45) is 1.66. The summed E-state index contributed by atoms with van der Waals surface area (Å²) >= 11 is 3.27. The zero-order chi connectivity index (χ0) is 18.0. The van der Waals surface area contributed by atoms with Gasteiger partial charge in [-0.2, -0.15) is 0 Å². The molecule has 0 radical (unpaired) electrons. The Kier molecular flexibility index (Phi) is 5.37. The van der Waals surface area contributed by atoms with Gasteiger partial charge in [-0.15, -0.1) is 0 Å². The highest BCUT2D eigenvalue weighted by molar-refractivity contribution is 9.10. The molecule has 1 aliphatic heterocycles. The van der Waals surface area contributed by atoms with Crippen LogP contribution in [0.2, 0.25) is 0 Å². The lowest BCUT2D eigenvalue weighted by atomic mass is 10.0. The molecule has 1 unspecified atom stereocenters. The van der Waals surface area contributed by atoms with E-state index < -0.39 is 5.82 Å². The number of carbonyl (C=O) groups is 1. The number of aryl methyl sites for hydroxylation is 1. The van der Waals surface area contributed by atoms with Crippen molar-refractivity contribution in [2.75, 3.05) is 18.0 Å². The Labute approximate surface area is 154 Å². The number of benzene rings is 2. The van der Waals surface area contributed by atoms with E-state index in [1.165, 1.54) is 24.3 Å².